The summed E-state index contributed by atoms with van der Waals surface area (Å²) in [6.07, 6.45) is 1.83. The van der Waals surface area contributed by atoms with Gasteiger partial charge in [-0.3, -0.25) is 14.4 Å². The van der Waals surface area contributed by atoms with Crippen LogP contribution in [-0.4, -0.2) is 46.8 Å². The third kappa shape index (κ3) is 3.55. The second-order valence-corrected chi connectivity index (χ2v) is 6.64. The van der Waals surface area contributed by atoms with Crippen molar-refractivity contribution in [3.63, 3.8) is 0 Å². The van der Waals surface area contributed by atoms with E-state index in [2.05, 4.69) is 16.1 Å². The van der Waals surface area contributed by atoms with Gasteiger partial charge in [0.1, 0.15) is 18.4 Å². The third-order valence-electron chi connectivity index (χ3n) is 5.11. The lowest BCUT2D eigenvalue weighted by molar-refractivity contribution is -0.121. The summed E-state index contributed by atoms with van der Waals surface area (Å²) in [4.78, 5) is 14.1. The second-order valence-electron chi connectivity index (χ2n) is 6.64. The molecule has 2 N–H and O–H groups in total. The maximum atomic E-state index is 11.9. The van der Waals surface area contributed by atoms with Gasteiger partial charge in [-0.25, -0.2) is 0 Å². The van der Waals surface area contributed by atoms with Crippen molar-refractivity contribution in [3.05, 3.63) is 47.3 Å². The maximum Gasteiger partial charge on any atom is 0.222 e. The lowest BCUT2D eigenvalue weighted by Crippen LogP contribution is -2.30. The molecule has 2 atom stereocenters. The van der Waals surface area contributed by atoms with Crippen LogP contribution in [0.25, 0.3) is 0 Å². The zero-order valence-corrected chi connectivity index (χ0v) is 15.1. The van der Waals surface area contributed by atoms with Crippen LogP contribution in [0.5, 0.6) is 5.75 Å². The van der Waals surface area contributed by atoms with Crippen LogP contribution in [0.4, 0.5) is 0 Å². The molecule has 2 aromatic rings. The number of rotatable bonds is 6. The number of carbonyl (C=O) groups is 1. The van der Waals surface area contributed by atoms with Gasteiger partial charge in [0.15, 0.2) is 0 Å². The number of nitrogens with zero attached hydrogens (tertiary/aromatic N) is 4. The first-order valence-electron chi connectivity index (χ1n) is 8.63. The van der Waals surface area contributed by atoms with E-state index in [1.54, 1.807) is 12.1 Å². The van der Waals surface area contributed by atoms with Gasteiger partial charge in [-0.05, 0) is 24.6 Å². The molecule has 1 aromatic carbocycles. The van der Waals surface area contributed by atoms with Crippen molar-refractivity contribution in [2.75, 3.05) is 26.2 Å². The fraction of sp³-hybridized carbons (Fsp3) is 0.421. The molecule has 1 saturated heterocycles. The van der Waals surface area contributed by atoms with Gasteiger partial charge in [-0.15, -0.1) is 0 Å². The van der Waals surface area contributed by atoms with Gasteiger partial charge in [-0.1, -0.05) is 12.1 Å². The van der Waals surface area contributed by atoms with Gasteiger partial charge in [-0.2, -0.15) is 10.4 Å². The molecule has 7 nitrogen and oxygen atoms in total. The molecule has 0 saturated carbocycles. The maximum absolute atomic E-state index is 11.9. The average molecular weight is 353 g/mol. The molecule has 0 radical (unpaired) electrons. The monoisotopic (exact) mass is 353 g/mol. The predicted octanol–water partition coefficient (Wildman–Crippen LogP) is 1.18. The Labute approximate surface area is 153 Å². The Kier molecular flexibility index (Phi) is 5.24. The highest BCUT2D eigenvalue weighted by molar-refractivity contribution is 5.78. The van der Waals surface area contributed by atoms with E-state index in [9.17, 15) is 4.79 Å². The van der Waals surface area contributed by atoms with Crippen molar-refractivity contribution in [2.24, 2.45) is 18.7 Å². The Hall–Kier alpha value is -2.85. The lowest BCUT2D eigenvalue weighted by Gasteiger charge is -2.16. The number of nitrogens with two attached hydrogens (primary N) is 1. The highest BCUT2D eigenvalue weighted by Gasteiger charge is 2.38. The van der Waals surface area contributed by atoms with Crippen LogP contribution in [0.3, 0.4) is 0 Å². The van der Waals surface area contributed by atoms with E-state index in [-0.39, 0.29) is 17.7 Å². The summed E-state index contributed by atoms with van der Waals surface area (Å²) in [7, 11) is 1.89. The Balaban J connectivity index is 1.64. The summed E-state index contributed by atoms with van der Waals surface area (Å²) >= 11 is 0. The van der Waals surface area contributed by atoms with Gasteiger partial charge in [0.25, 0.3) is 0 Å². The third-order valence-corrected chi connectivity index (χ3v) is 5.11. The summed E-state index contributed by atoms with van der Waals surface area (Å²) in [5.41, 5.74) is 8.30. The molecule has 1 aliphatic heterocycles. The Morgan fingerprint density at radius 3 is 2.85 bits per heavy atom. The van der Waals surface area contributed by atoms with Gasteiger partial charge < -0.3 is 10.5 Å². The van der Waals surface area contributed by atoms with Crippen molar-refractivity contribution in [2.45, 2.75) is 12.8 Å². The molecule has 26 heavy (non-hydrogen) atoms. The van der Waals surface area contributed by atoms with E-state index in [0.717, 1.165) is 17.8 Å². The van der Waals surface area contributed by atoms with Crippen LogP contribution in [-0.2, 0) is 11.8 Å². The van der Waals surface area contributed by atoms with Crippen molar-refractivity contribution < 1.29 is 9.53 Å². The Bertz CT molecular complexity index is 839. The number of aryl methyl sites for hydroxylation is 1. The first-order valence-corrected chi connectivity index (χ1v) is 8.63. The molecule has 136 valence electrons. The molecule has 1 aliphatic rings. The summed E-state index contributed by atoms with van der Waals surface area (Å²) in [5, 5.41) is 13.4. The summed E-state index contributed by atoms with van der Waals surface area (Å²) in [5.74, 6) is 0.119. The van der Waals surface area contributed by atoms with E-state index in [1.807, 2.05) is 37.0 Å². The molecule has 0 aliphatic carbocycles. The number of hydrogen-bond donors (Lipinski definition) is 1. The molecule has 7 heteroatoms. The van der Waals surface area contributed by atoms with E-state index in [0.29, 0.717) is 31.0 Å². The van der Waals surface area contributed by atoms with Gasteiger partial charge in [0, 0.05) is 38.3 Å². The first kappa shape index (κ1) is 18.0. The molecule has 1 amide bonds. The minimum atomic E-state index is -0.281. The van der Waals surface area contributed by atoms with Gasteiger partial charge >= 0.3 is 0 Å². The zero-order valence-electron chi connectivity index (χ0n) is 15.1. The molecule has 3 rings (SSSR count). The molecule has 0 unspecified atom stereocenters. The minimum absolute atomic E-state index is 0.0487. The Morgan fingerprint density at radius 2 is 2.19 bits per heavy atom. The van der Waals surface area contributed by atoms with Gasteiger partial charge in [0.2, 0.25) is 5.91 Å². The molecule has 0 bridgehead atoms. The normalized spacial score (nSPS) is 20.0. The molecule has 2 heterocycles. The molecular formula is C19H23N5O2. The van der Waals surface area contributed by atoms with Gasteiger partial charge in [0.05, 0.1) is 17.7 Å². The minimum Gasteiger partial charge on any atom is -0.491 e. The zero-order chi connectivity index (χ0) is 18.7. The molecule has 0 spiro atoms. The standard InChI is InChI=1S/C19H23N5O2/c1-13-15(10-22-23(13)2)16-11-24(12-17(16)19(21)25)7-8-26-18-6-4-3-5-14(18)9-20/h3-6,10,16-17H,7-8,11-12H2,1-2H3,(H2,21,25)/t16-,17+/m1/s1. The number of ether oxygens (including phenoxy) is 1. The number of benzene rings is 1. The van der Waals surface area contributed by atoms with E-state index in [4.69, 9.17) is 15.7 Å². The molecule has 1 fully saturated rings. The SMILES string of the molecule is Cc1c([C@H]2CN(CCOc3ccccc3C#N)C[C@@H]2C(N)=O)cnn1C. The summed E-state index contributed by atoms with van der Waals surface area (Å²) in [6, 6.07) is 9.30. The van der Waals surface area contributed by atoms with Crippen LogP contribution in [0.15, 0.2) is 30.5 Å². The van der Waals surface area contributed by atoms with E-state index < -0.39 is 0 Å². The number of para-hydroxylation sites is 1. The summed E-state index contributed by atoms with van der Waals surface area (Å²) < 4.78 is 7.58. The topological polar surface area (TPSA) is 97.2 Å². The Morgan fingerprint density at radius 1 is 1.42 bits per heavy atom. The highest BCUT2D eigenvalue weighted by Crippen LogP contribution is 2.34. The average Bonchev–Trinajstić information content (AvgIpc) is 3.19. The van der Waals surface area contributed by atoms with E-state index in [1.165, 1.54) is 0 Å². The number of primary amides is 1. The van der Waals surface area contributed by atoms with Crippen molar-refractivity contribution in [1.29, 1.82) is 5.26 Å². The molecule has 1 aromatic heterocycles. The highest BCUT2D eigenvalue weighted by atomic mass is 16.5. The van der Waals surface area contributed by atoms with Crippen LogP contribution < -0.4 is 10.5 Å². The van der Waals surface area contributed by atoms with Crippen LogP contribution in [0.1, 0.15) is 22.7 Å². The van der Waals surface area contributed by atoms with Crippen LogP contribution >= 0.6 is 0 Å². The van der Waals surface area contributed by atoms with Crippen LogP contribution in [0, 0.1) is 24.2 Å². The largest absolute Gasteiger partial charge is 0.491 e. The second kappa shape index (κ2) is 7.58. The number of carbonyl (C=O) groups excluding carboxylic acids is 1. The van der Waals surface area contributed by atoms with Crippen molar-refractivity contribution >= 4 is 5.91 Å². The number of likely N-dealkylation sites (tertiary alicyclic amines) is 1. The number of aromatic nitrogens is 2. The number of hydrogen-bond acceptors (Lipinski definition) is 5. The van der Waals surface area contributed by atoms with E-state index >= 15 is 0 Å². The summed E-state index contributed by atoms with van der Waals surface area (Å²) in [6.45, 7) is 4.47. The number of amides is 1. The predicted molar refractivity (Wildman–Crippen MR) is 96.5 cm³/mol. The van der Waals surface area contributed by atoms with Crippen LogP contribution in [0.2, 0.25) is 0 Å². The fourth-order valence-electron chi connectivity index (χ4n) is 3.52. The molecular weight excluding hydrogens is 330 g/mol. The smallest absolute Gasteiger partial charge is 0.222 e. The first-order chi connectivity index (χ1) is 12.5. The quantitative estimate of drug-likeness (QED) is 0.841. The number of nitriles is 1. The van der Waals surface area contributed by atoms with Crippen molar-refractivity contribution in [1.82, 2.24) is 14.7 Å². The lowest BCUT2D eigenvalue weighted by atomic mass is 9.89. The fourth-order valence-corrected chi connectivity index (χ4v) is 3.52. The van der Waals surface area contributed by atoms with Crippen molar-refractivity contribution in [3.8, 4) is 11.8 Å².